The van der Waals surface area contributed by atoms with E-state index in [2.05, 4.69) is 0 Å². The molecule has 1 saturated heterocycles. The third-order valence-corrected chi connectivity index (χ3v) is 2.85. The molecule has 0 aliphatic carbocycles. The summed E-state index contributed by atoms with van der Waals surface area (Å²) in [5.74, 6) is -0.702. The summed E-state index contributed by atoms with van der Waals surface area (Å²) >= 11 is 0. The molecule has 5 nitrogen and oxygen atoms in total. The summed E-state index contributed by atoms with van der Waals surface area (Å²) in [6.07, 6.45) is 0. The number of benzene rings is 1. The second kappa shape index (κ2) is 5.22. The zero-order chi connectivity index (χ0) is 13.1. The maximum absolute atomic E-state index is 13.8. The van der Waals surface area contributed by atoms with Gasteiger partial charge < -0.3 is 20.1 Å². The van der Waals surface area contributed by atoms with Crippen molar-refractivity contribution in [3.8, 4) is 5.75 Å². The molecule has 0 radical (unpaired) electrons. The van der Waals surface area contributed by atoms with E-state index in [0.717, 1.165) is 6.07 Å². The Bertz CT molecular complexity index is 459. The monoisotopic (exact) mass is 254 g/mol. The van der Waals surface area contributed by atoms with Crippen LogP contribution >= 0.6 is 0 Å². The highest BCUT2D eigenvalue weighted by atomic mass is 19.1. The first-order chi connectivity index (χ1) is 8.63. The van der Waals surface area contributed by atoms with Gasteiger partial charge in [-0.05, 0) is 6.07 Å². The van der Waals surface area contributed by atoms with Gasteiger partial charge in [-0.25, -0.2) is 4.39 Å². The molecular weight excluding hydrogens is 239 g/mol. The lowest BCUT2D eigenvalue weighted by Crippen LogP contribution is -2.41. The quantitative estimate of drug-likeness (QED) is 0.796. The van der Waals surface area contributed by atoms with Crippen LogP contribution in [0, 0.1) is 5.82 Å². The van der Waals surface area contributed by atoms with Crippen molar-refractivity contribution in [2.45, 2.75) is 0 Å². The number of carbonyl (C=O) groups is 1. The van der Waals surface area contributed by atoms with E-state index < -0.39 is 5.82 Å². The van der Waals surface area contributed by atoms with Crippen molar-refractivity contribution in [2.75, 3.05) is 39.1 Å². The highest BCUT2D eigenvalue weighted by Gasteiger charge is 2.22. The Balaban J connectivity index is 2.28. The average Bonchev–Trinajstić information content (AvgIpc) is 2.39. The van der Waals surface area contributed by atoms with Gasteiger partial charge in [0.25, 0.3) is 5.91 Å². The van der Waals surface area contributed by atoms with Gasteiger partial charge in [0.2, 0.25) is 0 Å². The second-order valence-corrected chi connectivity index (χ2v) is 3.98. The topological polar surface area (TPSA) is 64.8 Å². The number of halogens is 1. The van der Waals surface area contributed by atoms with Crippen molar-refractivity contribution in [1.29, 1.82) is 0 Å². The van der Waals surface area contributed by atoms with Crippen LogP contribution < -0.4 is 10.5 Å². The number of morpholine rings is 1. The summed E-state index contributed by atoms with van der Waals surface area (Å²) in [6, 6.07) is 2.44. The van der Waals surface area contributed by atoms with Gasteiger partial charge in [-0.3, -0.25) is 4.79 Å². The molecule has 1 fully saturated rings. The molecule has 0 bridgehead atoms. The molecule has 1 heterocycles. The van der Waals surface area contributed by atoms with Crippen LogP contribution in [0.5, 0.6) is 5.75 Å². The Morgan fingerprint density at radius 3 is 2.72 bits per heavy atom. The van der Waals surface area contributed by atoms with Crippen LogP contribution in [0.3, 0.4) is 0 Å². The number of nitrogen functional groups attached to an aromatic ring is 1. The Kier molecular flexibility index (Phi) is 3.66. The number of nitrogens with two attached hydrogens (primary N) is 1. The number of amides is 1. The predicted octanol–water partition coefficient (Wildman–Crippen LogP) is 0.889. The molecule has 0 saturated carbocycles. The fourth-order valence-corrected chi connectivity index (χ4v) is 1.85. The summed E-state index contributed by atoms with van der Waals surface area (Å²) < 4.78 is 23.9. The fourth-order valence-electron chi connectivity index (χ4n) is 1.85. The van der Waals surface area contributed by atoms with E-state index in [1.165, 1.54) is 13.2 Å². The van der Waals surface area contributed by atoms with Crippen molar-refractivity contribution >= 4 is 11.6 Å². The van der Waals surface area contributed by atoms with E-state index in [1.54, 1.807) is 4.90 Å². The van der Waals surface area contributed by atoms with Gasteiger partial charge in [0.1, 0.15) is 11.6 Å². The number of hydrogen-bond donors (Lipinski definition) is 1. The number of anilines is 1. The Hall–Kier alpha value is -1.82. The van der Waals surface area contributed by atoms with Crippen molar-refractivity contribution in [2.24, 2.45) is 0 Å². The van der Waals surface area contributed by atoms with Gasteiger partial charge >= 0.3 is 0 Å². The number of methoxy groups -OCH3 is 1. The van der Waals surface area contributed by atoms with Crippen LogP contribution in [0.15, 0.2) is 12.1 Å². The van der Waals surface area contributed by atoms with Crippen molar-refractivity contribution in [3.05, 3.63) is 23.5 Å². The molecule has 2 N–H and O–H groups in total. The highest BCUT2D eigenvalue weighted by molar-refractivity contribution is 5.95. The van der Waals surface area contributed by atoms with E-state index in [1.807, 2.05) is 0 Å². The lowest BCUT2D eigenvalue weighted by Gasteiger charge is -2.27. The van der Waals surface area contributed by atoms with Gasteiger partial charge in [-0.2, -0.15) is 0 Å². The van der Waals surface area contributed by atoms with E-state index in [9.17, 15) is 9.18 Å². The van der Waals surface area contributed by atoms with Crippen LogP contribution in [0.25, 0.3) is 0 Å². The average molecular weight is 254 g/mol. The van der Waals surface area contributed by atoms with E-state index in [-0.39, 0.29) is 17.2 Å². The molecule has 1 aromatic rings. The smallest absolute Gasteiger partial charge is 0.257 e. The molecule has 1 aliphatic rings. The first-order valence-corrected chi connectivity index (χ1v) is 5.63. The molecule has 18 heavy (non-hydrogen) atoms. The van der Waals surface area contributed by atoms with E-state index in [0.29, 0.717) is 32.1 Å². The Labute approximate surface area is 104 Å². The van der Waals surface area contributed by atoms with Crippen LogP contribution in [0.1, 0.15) is 10.4 Å². The molecule has 0 atom stereocenters. The largest absolute Gasteiger partial charge is 0.495 e. The summed E-state index contributed by atoms with van der Waals surface area (Å²) in [5, 5.41) is 0. The third-order valence-electron chi connectivity index (χ3n) is 2.85. The van der Waals surface area contributed by atoms with Crippen LogP contribution in [-0.2, 0) is 4.74 Å². The van der Waals surface area contributed by atoms with Gasteiger partial charge in [0.15, 0.2) is 0 Å². The number of nitrogens with zero attached hydrogens (tertiary/aromatic N) is 1. The predicted molar refractivity (Wildman–Crippen MR) is 64.1 cm³/mol. The van der Waals surface area contributed by atoms with Crippen LogP contribution in [0.4, 0.5) is 10.1 Å². The summed E-state index contributed by atoms with van der Waals surface area (Å²) in [6.45, 7) is 1.87. The number of hydrogen-bond acceptors (Lipinski definition) is 4. The highest BCUT2D eigenvalue weighted by Crippen LogP contribution is 2.26. The Morgan fingerprint density at radius 2 is 2.11 bits per heavy atom. The molecule has 6 heteroatoms. The standard InChI is InChI=1S/C12H15FN2O3/c1-17-11-6-8(9(13)7-10(11)14)12(16)15-2-4-18-5-3-15/h6-7H,2-5,14H2,1H3. The van der Waals surface area contributed by atoms with Crippen LogP contribution in [-0.4, -0.2) is 44.2 Å². The Morgan fingerprint density at radius 1 is 1.44 bits per heavy atom. The van der Waals surface area contributed by atoms with Gasteiger partial charge in [0, 0.05) is 19.2 Å². The maximum atomic E-state index is 13.8. The minimum atomic E-state index is -0.634. The zero-order valence-corrected chi connectivity index (χ0v) is 10.1. The van der Waals surface area contributed by atoms with E-state index >= 15 is 0 Å². The zero-order valence-electron chi connectivity index (χ0n) is 10.1. The molecule has 1 aromatic carbocycles. The first-order valence-electron chi connectivity index (χ1n) is 5.63. The lowest BCUT2D eigenvalue weighted by atomic mass is 10.1. The van der Waals surface area contributed by atoms with Gasteiger partial charge in [0.05, 0.1) is 31.6 Å². The molecule has 0 aromatic heterocycles. The summed E-state index contributed by atoms with van der Waals surface area (Å²) in [7, 11) is 1.42. The molecule has 1 aliphatic heterocycles. The molecule has 1 amide bonds. The first kappa shape index (κ1) is 12.6. The van der Waals surface area contributed by atoms with Gasteiger partial charge in [-0.15, -0.1) is 0 Å². The minimum Gasteiger partial charge on any atom is -0.495 e. The molecule has 0 unspecified atom stereocenters. The van der Waals surface area contributed by atoms with Crippen molar-refractivity contribution in [1.82, 2.24) is 4.90 Å². The SMILES string of the molecule is COc1cc(C(=O)N2CCOCC2)c(F)cc1N. The fraction of sp³-hybridized carbons (Fsp3) is 0.417. The van der Waals surface area contributed by atoms with Crippen molar-refractivity contribution in [3.63, 3.8) is 0 Å². The summed E-state index contributed by atoms with van der Waals surface area (Å²) in [5.41, 5.74) is 5.72. The lowest BCUT2D eigenvalue weighted by molar-refractivity contribution is 0.0299. The number of carbonyl (C=O) groups excluding carboxylic acids is 1. The normalized spacial score (nSPS) is 15.6. The van der Waals surface area contributed by atoms with Crippen LogP contribution in [0.2, 0.25) is 0 Å². The second-order valence-electron chi connectivity index (χ2n) is 3.98. The summed E-state index contributed by atoms with van der Waals surface area (Å²) in [4.78, 5) is 13.7. The molecular formula is C12H15FN2O3. The number of rotatable bonds is 2. The van der Waals surface area contributed by atoms with Crippen molar-refractivity contribution < 1.29 is 18.7 Å². The van der Waals surface area contributed by atoms with E-state index in [4.69, 9.17) is 15.2 Å². The van der Waals surface area contributed by atoms with Gasteiger partial charge in [-0.1, -0.05) is 0 Å². The molecule has 98 valence electrons. The maximum Gasteiger partial charge on any atom is 0.257 e. The number of ether oxygens (including phenoxy) is 2. The third kappa shape index (κ3) is 2.38. The minimum absolute atomic E-state index is 0.0250. The molecule has 0 spiro atoms. The molecule has 2 rings (SSSR count).